The van der Waals surface area contributed by atoms with E-state index in [1.54, 1.807) is 6.92 Å². The molecule has 4 nitrogen and oxygen atoms in total. The molecule has 5 rings (SSSR count). The average Bonchev–Trinajstić information content (AvgIpc) is 2.88. The molecule has 0 saturated heterocycles. The second-order valence-electron chi connectivity index (χ2n) is 9.59. The van der Waals surface area contributed by atoms with Gasteiger partial charge in [-0.3, -0.25) is 14.6 Å². The maximum absolute atomic E-state index is 13.8. The van der Waals surface area contributed by atoms with Gasteiger partial charge >= 0.3 is 6.18 Å². The largest absolute Gasteiger partial charge is 0.418 e. The van der Waals surface area contributed by atoms with Gasteiger partial charge in [0.25, 0.3) is 0 Å². The van der Waals surface area contributed by atoms with Gasteiger partial charge in [0, 0.05) is 29.3 Å². The first-order valence-electron chi connectivity index (χ1n) is 12.2. The summed E-state index contributed by atoms with van der Waals surface area (Å²) in [5.74, 6) is -3.34. The molecule has 0 bridgehead atoms. The van der Waals surface area contributed by atoms with Crippen molar-refractivity contribution in [3.8, 4) is 0 Å². The van der Waals surface area contributed by atoms with Crippen LogP contribution in [-0.2, 0) is 15.8 Å². The smallest absolute Gasteiger partial charge is 0.325 e. The van der Waals surface area contributed by atoms with E-state index in [4.69, 9.17) is 0 Å². The minimum absolute atomic E-state index is 0.0862. The first-order chi connectivity index (χ1) is 18.1. The van der Waals surface area contributed by atoms with Gasteiger partial charge in [-0.15, -0.1) is 0 Å². The second kappa shape index (κ2) is 10.0. The first kappa shape index (κ1) is 25.6. The maximum atomic E-state index is 13.8. The Morgan fingerprint density at radius 3 is 2.24 bits per heavy atom. The van der Waals surface area contributed by atoms with E-state index in [-0.39, 0.29) is 23.8 Å². The van der Waals surface area contributed by atoms with Crippen molar-refractivity contribution in [1.82, 2.24) is 0 Å². The summed E-state index contributed by atoms with van der Waals surface area (Å²) in [6, 6.07) is 19.8. The summed E-state index contributed by atoms with van der Waals surface area (Å²) in [6.07, 6.45) is -3.98. The molecule has 3 aromatic carbocycles. The van der Waals surface area contributed by atoms with E-state index in [9.17, 15) is 27.2 Å². The number of carbonyl (C=O) groups excluding carboxylic acids is 2. The van der Waals surface area contributed by atoms with Gasteiger partial charge in [0.05, 0.1) is 17.2 Å². The van der Waals surface area contributed by atoms with Gasteiger partial charge < -0.3 is 5.32 Å². The van der Waals surface area contributed by atoms with Crippen LogP contribution in [0.3, 0.4) is 0 Å². The van der Waals surface area contributed by atoms with Crippen molar-refractivity contribution < 1.29 is 27.2 Å². The van der Waals surface area contributed by atoms with Crippen LogP contribution < -0.4 is 5.32 Å². The number of alkyl halides is 3. The molecule has 8 heteroatoms. The monoisotopic (exact) mass is 520 g/mol. The number of nitrogens with one attached hydrogen (secondary N) is 1. The highest BCUT2D eigenvalue weighted by Crippen LogP contribution is 2.47. The van der Waals surface area contributed by atoms with Gasteiger partial charge in [0.15, 0.2) is 5.78 Å². The van der Waals surface area contributed by atoms with E-state index in [2.05, 4.69) is 10.3 Å². The molecule has 1 heterocycles. The van der Waals surface area contributed by atoms with Gasteiger partial charge in [-0.05, 0) is 54.7 Å². The minimum Gasteiger partial charge on any atom is -0.325 e. The van der Waals surface area contributed by atoms with Gasteiger partial charge in [0.2, 0.25) is 5.91 Å². The number of amides is 1. The van der Waals surface area contributed by atoms with Crippen LogP contribution in [0.2, 0.25) is 0 Å². The van der Waals surface area contributed by atoms with Crippen LogP contribution in [0.25, 0.3) is 0 Å². The molecule has 0 spiro atoms. The van der Waals surface area contributed by atoms with Crippen LogP contribution in [0.5, 0.6) is 0 Å². The fourth-order valence-corrected chi connectivity index (χ4v) is 5.44. The Bertz CT molecular complexity index is 1440. The van der Waals surface area contributed by atoms with Crippen LogP contribution in [0.4, 0.5) is 23.2 Å². The standard InChI is InChI=1S/C30H24F4N2O2/c1-17-26(29(38)36-23-10-6-5-9-22(23)30(32,33)34)27(19-11-13-21(31)14-12-19)28-24(35-17)15-20(16-25(28)37)18-7-3-2-4-8-18/h2-14,20,26-27H,15-16H2,1H3,(H,36,38)/t20-,26?,27+/m0/s1. The zero-order valence-electron chi connectivity index (χ0n) is 20.4. The summed E-state index contributed by atoms with van der Waals surface area (Å²) < 4.78 is 54.5. The topological polar surface area (TPSA) is 58.5 Å². The van der Waals surface area contributed by atoms with Gasteiger partial charge in [0.1, 0.15) is 5.82 Å². The molecule has 1 unspecified atom stereocenters. The fraction of sp³-hybridized carbons (Fsp3) is 0.233. The number of halogens is 4. The number of carbonyl (C=O) groups is 2. The van der Waals surface area contributed by atoms with Crippen LogP contribution in [-0.4, -0.2) is 17.4 Å². The zero-order chi connectivity index (χ0) is 27.0. The van der Waals surface area contributed by atoms with Crippen molar-refractivity contribution in [2.24, 2.45) is 10.9 Å². The zero-order valence-corrected chi connectivity index (χ0v) is 20.4. The van der Waals surface area contributed by atoms with E-state index < -0.39 is 35.3 Å². The van der Waals surface area contributed by atoms with Gasteiger partial charge in [-0.2, -0.15) is 13.2 Å². The minimum atomic E-state index is -4.67. The third-order valence-electron chi connectivity index (χ3n) is 7.16. The highest BCUT2D eigenvalue weighted by atomic mass is 19.4. The van der Waals surface area contributed by atoms with Crippen molar-refractivity contribution in [2.45, 2.75) is 37.8 Å². The van der Waals surface area contributed by atoms with Gasteiger partial charge in [-0.1, -0.05) is 54.6 Å². The average molecular weight is 521 g/mol. The second-order valence-corrected chi connectivity index (χ2v) is 9.59. The lowest BCUT2D eigenvalue weighted by atomic mass is 9.69. The van der Waals surface area contributed by atoms with E-state index in [1.165, 1.54) is 42.5 Å². The number of nitrogens with zero attached hydrogens (tertiary/aromatic N) is 1. The highest BCUT2D eigenvalue weighted by molar-refractivity contribution is 6.13. The number of anilines is 1. The molecular weight excluding hydrogens is 496 g/mol. The number of benzene rings is 3. The Kier molecular flexibility index (Phi) is 6.73. The summed E-state index contributed by atoms with van der Waals surface area (Å²) in [4.78, 5) is 31.9. The lowest BCUT2D eigenvalue weighted by Crippen LogP contribution is -2.40. The quantitative estimate of drug-likeness (QED) is 0.375. The number of allylic oxidation sites excluding steroid dienone is 2. The molecule has 1 aliphatic heterocycles. The van der Waals surface area contributed by atoms with E-state index in [0.29, 0.717) is 29.0 Å². The number of ketones is 1. The van der Waals surface area contributed by atoms with Crippen molar-refractivity contribution in [3.05, 3.63) is 113 Å². The molecular formula is C30H24F4N2O2. The van der Waals surface area contributed by atoms with Crippen molar-refractivity contribution in [1.29, 1.82) is 0 Å². The summed E-state index contributed by atoms with van der Waals surface area (Å²) in [6.45, 7) is 1.64. The Morgan fingerprint density at radius 1 is 0.895 bits per heavy atom. The normalized spacial score (nSPS) is 21.6. The summed E-state index contributed by atoms with van der Waals surface area (Å²) in [5, 5.41) is 2.43. The summed E-state index contributed by atoms with van der Waals surface area (Å²) >= 11 is 0. The Labute approximate surface area is 217 Å². The van der Waals surface area contributed by atoms with Crippen LogP contribution in [0, 0.1) is 11.7 Å². The number of hydrogen-bond donors (Lipinski definition) is 1. The summed E-state index contributed by atoms with van der Waals surface area (Å²) in [5.41, 5.74) is 1.46. The number of rotatable bonds is 4. The lowest BCUT2D eigenvalue weighted by molar-refractivity contribution is -0.137. The molecule has 38 heavy (non-hydrogen) atoms. The molecule has 0 radical (unpaired) electrons. The molecule has 0 aromatic heterocycles. The Hall–Kier alpha value is -4.07. The predicted octanol–water partition coefficient (Wildman–Crippen LogP) is 7.06. The van der Waals surface area contributed by atoms with Crippen LogP contribution in [0.1, 0.15) is 48.3 Å². The molecule has 3 atom stereocenters. The van der Waals surface area contributed by atoms with Gasteiger partial charge in [-0.25, -0.2) is 4.39 Å². The number of Topliss-reactive ketones (excluding diaryl/α,β-unsaturated/α-hetero) is 1. The molecule has 1 aliphatic carbocycles. The lowest BCUT2D eigenvalue weighted by Gasteiger charge is -2.37. The molecule has 0 saturated carbocycles. The molecule has 1 N–H and O–H groups in total. The summed E-state index contributed by atoms with van der Waals surface area (Å²) in [7, 11) is 0. The molecule has 194 valence electrons. The third-order valence-corrected chi connectivity index (χ3v) is 7.16. The van der Waals surface area contributed by atoms with Crippen LogP contribution >= 0.6 is 0 Å². The maximum Gasteiger partial charge on any atom is 0.418 e. The van der Waals surface area contributed by atoms with Crippen LogP contribution in [0.15, 0.2) is 95.1 Å². The van der Waals surface area contributed by atoms with Crippen molar-refractivity contribution in [2.75, 3.05) is 5.32 Å². The number of hydrogen-bond acceptors (Lipinski definition) is 3. The van der Waals surface area contributed by atoms with Crippen molar-refractivity contribution >= 4 is 23.1 Å². The predicted molar refractivity (Wildman–Crippen MR) is 136 cm³/mol. The highest BCUT2D eigenvalue weighted by Gasteiger charge is 2.44. The number of para-hydroxylation sites is 1. The Morgan fingerprint density at radius 2 is 1.55 bits per heavy atom. The number of aliphatic imine (C=N–C) groups is 1. The van der Waals surface area contributed by atoms with E-state index in [1.807, 2.05) is 30.3 Å². The Balaban J connectivity index is 1.56. The molecule has 3 aromatic rings. The molecule has 2 aliphatic rings. The van der Waals surface area contributed by atoms with Crippen molar-refractivity contribution in [3.63, 3.8) is 0 Å². The molecule has 1 amide bonds. The molecule has 0 fully saturated rings. The van der Waals surface area contributed by atoms with E-state index in [0.717, 1.165) is 11.6 Å². The van der Waals surface area contributed by atoms with E-state index >= 15 is 0 Å². The first-order valence-corrected chi connectivity index (χ1v) is 12.2. The fourth-order valence-electron chi connectivity index (χ4n) is 5.44. The third kappa shape index (κ3) is 4.90. The SMILES string of the molecule is CC1=NC2=C(C(=O)C[C@@H](c3ccccc3)C2)[C@H](c2ccc(F)cc2)C1C(=O)Nc1ccccc1C(F)(F)F.